The molecule has 0 saturated heterocycles. The molecule has 0 radical (unpaired) electrons. The first-order valence-corrected chi connectivity index (χ1v) is 54.3. The van der Waals surface area contributed by atoms with E-state index in [1.807, 2.05) is 20.8 Å². The molecule has 0 unspecified atom stereocenters. The number of carbonyl (C=O) groups excluding carboxylic acids is 6. The van der Waals surface area contributed by atoms with Crippen LogP contribution in [0.3, 0.4) is 0 Å². The molecule has 0 aromatic carbocycles. The lowest BCUT2D eigenvalue weighted by Crippen LogP contribution is -2.32. The summed E-state index contributed by atoms with van der Waals surface area (Å²) in [5, 5.41) is 30.6. The summed E-state index contributed by atoms with van der Waals surface area (Å²) in [6.07, 6.45) is 33.6. The van der Waals surface area contributed by atoms with Gasteiger partial charge >= 0.3 is 23.9 Å². The molecule has 0 aromatic heterocycles. The van der Waals surface area contributed by atoms with Crippen LogP contribution in [-0.4, -0.2) is 386 Å². The van der Waals surface area contributed by atoms with Gasteiger partial charge in [0.15, 0.2) is 0 Å². The van der Waals surface area contributed by atoms with Gasteiger partial charge in [-0.15, -0.1) is 0 Å². The molecule has 0 aromatic rings. The Hall–Kier alpha value is -6.10. The van der Waals surface area contributed by atoms with Crippen molar-refractivity contribution in [1.82, 2.24) is 10.6 Å². The number of ketones is 2. The van der Waals surface area contributed by atoms with E-state index in [2.05, 4.69) is 30.7 Å². The number of hydrogen-bond donors (Lipinski definition) is 4. The Morgan fingerprint density at radius 3 is 0.651 bits per heavy atom. The fraction of sp³-hybridized carbons (Fsp3) is 0.923. The highest BCUT2D eigenvalue weighted by Crippen LogP contribution is 2.23. The van der Waals surface area contributed by atoms with Crippen LogP contribution in [0.4, 0.5) is 0 Å². The third kappa shape index (κ3) is 121. The van der Waals surface area contributed by atoms with Crippen molar-refractivity contribution in [1.29, 1.82) is 0 Å². The summed E-state index contributed by atoms with van der Waals surface area (Å²) >= 11 is 0. The molecular formula is C104H196N8O34. The fourth-order valence-electron chi connectivity index (χ4n) is 13.8. The lowest BCUT2D eigenvalue weighted by Gasteiger charge is -2.23. The molecular weight excluding hydrogens is 1910 g/mol. The Kier molecular flexibility index (Phi) is 111. The SMILES string of the molecule is CC(C)(C)OC(=O)CCCCCCCCCCCCCCCCC(=O)C[C@@H](CCC(=O)NCCOCCOCCOCCOCCOCCOCCOCCOCCOCCOCCOCCN=[N+]=[N-])C(=O)OC(C)(C)C.[N-]=[N+]=NCCOCCOCCOCCOCCOCCOCCOCCOCCOCCOCCOCCNC(=O)CC[C@H](CC(=O)CCCCCCCCCCCCCCCCC(=O)O)C(=O)O. The minimum atomic E-state index is -1.05. The smallest absolute Gasteiger partial charge is 0.309 e. The van der Waals surface area contributed by atoms with E-state index in [1.54, 1.807) is 20.8 Å². The van der Waals surface area contributed by atoms with Crippen molar-refractivity contribution in [2.75, 3.05) is 317 Å². The molecule has 146 heavy (non-hydrogen) atoms. The van der Waals surface area contributed by atoms with Gasteiger partial charge in [0.25, 0.3) is 0 Å². The van der Waals surface area contributed by atoms with Crippen molar-refractivity contribution in [2.45, 2.75) is 297 Å². The summed E-state index contributed by atoms with van der Waals surface area (Å²) in [5.74, 6) is -4.30. The van der Waals surface area contributed by atoms with E-state index in [4.69, 9.17) is 130 Å². The number of carboxylic acids is 2. The highest BCUT2D eigenvalue weighted by Gasteiger charge is 2.29. The van der Waals surface area contributed by atoms with Gasteiger partial charge in [-0.2, -0.15) is 0 Å². The summed E-state index contributed by atoms with van der Waals surface area (Å²) in [5.41, 5.74) is 15.2. The number of nitrogens with one attached hydrogen (secondary N) is 2. The maximum absolute atomic E-state index is 13.0. The van der Waals surface area contributed by atoms with Gasteiger partial charge in [-0.25, -0.2) is 0 Å². The lowest BCUT2D eigenvalue weighted by atomic mass is 9.94. The largest absolute Gasteiger partial charge is 0.481 e. The summed E-state index contributed by atoms with van der Waals surface area (Å²) < 4.78 is 131. The third-order valence-electron chi connectivity index (χ3n) is 21.5. The first-order valence-electron chi connectivity index (χ1n) is 54.3. The van der Waals surface area contributed by atoms with Crippen LogP contribution in [0.5, 0.6) is 0 Å². The van der Waals surface area contributed by atoms with Crippen molar-refractivity contribution < 1.29 is 162 Å². The molecule has 42 nitrogen and oxygen atoms in total. The van der Waals surface area contributed by atoms with E-state index >= 15 is 0 Å². The molecule has 2 amide bonds. The predicted octanol–water partition coefficient (Wildman–Crippen LogP) is 15.2. The zero-order valence-electron chi connectivity index (χ0n) is 90.6. The van der Waals surface area contributed by atoms with Crippen LogP contribution >= 0.6 is 0 Å². The van der Waals surface area contributed by atoms with E-state index in [1.165, 1.54) is 103 Å². The van der Waals surface area contributed by atoms with Crippen LogP contribution < -0.4 is 10.6 Å². The van der Waals surface area contributed by atoms with Crippen LogP contribution in [0, 0.1) is 11.8 Å². The molecule has 0 rings (SSSR count). The first-order chi connectivity index (χ1) is 71.1. The number of azide groups is 2. The molecule has 0 spiro atoms. The Labute approximate surface area is 872 Å². The van der Waals surface area contributed by atoms with Crippen LogP contribution in [0.1, 0.15) is 286 Å². The standard InChI is InChI=1S/C56H106N4O17.C48H90N4O17/c1-55(2,3)76-53(63)22-20-18-16-14-12-10-8-7-9-11-13-15-17-19-21-51(61)49-50(54(64)77-56(4,5)6)23-24-52(62)58-25-27-65-29-31-67-33-35-69-37-39-71-41-43-73-45-47-75-48-46-74-44-42-72-40-38-70-36-34-68-32-30-66-28-26-59-60-57;49-52-51-20-22-60-24-26-62-28-30-64-32-34-66-36-38-68-40-42-69-41-39-67-37-35-65-33-31-63-29-27-61-25-23-59-21-19-50-46(54)18-17-44(48(57)58)43-45(53)15-13-11-9-7-5-3-1-2-4-6-8-10-12-14-16-47(55)56/h50H,7-49H2,1-6H3,(H,58,62);44H,1-43H2,(H,50,54)(H,55,56)(H,57,58)/t50-;44-/m11/s1. The number of ether oxygens (including phenoxy) is 24. The fourth-order valence-corrected chi connectivity index (χ4v) is 13.8. The Balaban J connectivity index is 0. The average molecular weight is 2100 g/mol. The molecule has 0 heterocycles. The van der Waals surface area contributed by atoms with Crippen LogP contribution in [0.15, 0.2) is 10.2 Å². The number of carbonyl (C=O) groups is 8. The molecule has 0 bridgehead atoms. The summed E-state index contributed by atoms with van der Waals surface area (Å²) in [7, 11) is 0. The average Bonchev–Trinajstić information content (AvgIpc) is 0.890. The van der Waals surface area contributed by atoms with Gasteiger partial charge in [-0.1, -0.05) is 164 Å². The molecule has 0 fully saturated rings. The zero-order chi connectivity index (χ0) is 107. The number of carboxylic acid groups (broad SMARTS) is 2. The number of Topliss-reactive ketones (excluding diaryl/α,β-unsaturated/α-hetero) is 2. The quantitative estimate of drug-likeness (QED) is 0.0144. The number of unbranched alkanes of at least 4 members (excludes halogenated alkanes) is 26. The number of rotatable bonds is 118. The molecule has 42 heteroatoms. The van der Waals surface area contributed by atoms with E-state index in [-0.39, 0.29) is 74.3 Å². The summed E-state index contributed by atoms with van der Waals surface area (Å²) in [4.78, 5) is 103. The second kappa shape index (κ2) is 114. The lowest BCUT2D eigenvalue weighted by molar-refractivity contribution is -0.161. The van der Waals surface area contributed by atoms with Gasteiger partial charge < -0.3 is 135 Å². The Morgan fingerprint density at radius 1 is 0.247 bits per heavy atom. The third-order valence-corrected chi connectivity index (χ3v) is 21.5. The summed E-state index contributed by atoms with van der Waals surface area (Å²) in [6.45, 7) is 31.7. The number of hydrogen-bond acceptors (Lipinski definition) is 34. The number of amides is 2. The second-order valence-corrected chi connectivity index (χ2v) is 36.8. The van der Waals surface area contributed by atoms with Crippen molar-refractivity contribution in [2.24, 2.45) is 22.1 Å². The summed E-state index contributed by atoms with van der Waals surface area (Å²) in [6, 6.07) is 0. The van der Waals surface area contributed by atoms with Crippen LogP contribution in [-0.2, 0) is 152 Å². The molecule has 2 atom stereocenters. The van der Waals surface area contributed by atoms with E-state index in [9.17, 15) is 43.5 Å². The number of esters is 2. The molecule has 0 aliphatic heterocycles. The highest BCUT2D eigenvalue weighted by molar-refractivity contribution is 5.86. The normalized spacial score (nSPS) is 11.9. The van der Waals surface area contributed by atoms with E-state index < -0.39 is 40.9 Å². The minimum Gasteiger partial charge on any atom is -0.481 e. The Bertz CT molecular complexity index is 3030. The van der Waals surface area contributed by atoms with Crippen LogP contribution in [0.2, 0.25) is 0 Å². The van der Waals surface area contributed by atoms with Gasteiger partial charge in [0.1, 0.15) is 22.8 Å². The van der Waals surface area contributed by atoms with Crippen molar-refractivity contribution in [3.05, 3.63) is 20.9 Å². The van der Waals surface area contributed by atoms with E-state index in [0.29, 0.717) is 336 Å². The first kappa shape index (κ1) is 142. The van der Waals surface area contributed by atoms with Gasteiger partial charge in [0.2, 0.25) is 11.8 Å². The minimum absolute atomic E-state index is 0.0354. The highest BCUT2D eigenvalue weighted by atomic mass is 16.6. The van der Waals surface area contributed by atoms with Crippen molar-refractivity contribution in [3.63, 3.8) is 0 Å². The predicted molar refractivity (Wildman–Crippen MR) is 551 cm³/mol. The van der Waals surface area contributed by atoms with Gasteiger partial charge in [0, 0.05) is 87.4 Å². The molecule has 0 aliphatic rings. The van der Waals surface area contributed by atoms with E-state index in [0.717, 1.165) is 77.0 Å². The maximum atomic E-state index is 13.0. The number of aliphatic carboxylic acids is 2. The van der Waals surface area contributed by atoms with Gasteiger partial charge in [-0.3, -0.25) is 38.4 Å². The van der Waals surface area contributed by atoms with Crippen molar-refractivity contribution in [3.8, 4) is 0 Å². The Morgan fingerprint density at radius 2 is 0.438 bits per heavy atom. The molecule has 0 aliphatic carbocycles. The monoisotopic (exact) mass is 2100 g/mol. The molecule has 0 saturated carbocycles. The van der Waals surface area contributed by atoms with Gasteiger partial charge in [-0.05, 0) is 91.1 Å². The topological polar surface area (TPSA) is 520 Å². The molecule has 4 N–H and O–H groups in total. The molecule has 856 valence electrons. The number of nitrogens with zero attached hydrogens (tertiary/aromatic N) is 6. The van der Waals surface area contributed by atoms with Gasteiger partial charge in [0.05, 0.1) is 303 Å². The van der Waals surface area contributed by atoms with Crippen LogP contribution in [0.25, 0.3) is 20.9 Å². The maximum Gasteiger partial charge on any atom is 0.309 e. The zero-order valence-corrected chi connectivity index (χ0v) is 90.6. The van der Waals surface area contributed by atoms with Crippen molar-refractivity contribution >= 4 is 47.3 Å². The second-order valence-electron chi connectivity index (χ2n) is 36.8.